The van der Waals surface area contributed by atoms with Gasteiger partial charge >= 0.3 is 0 Å². The zero-order chi connectivity index (χ0) is 12.6. The zero-order valence-corrected chi connectivity index (χ0v) is 11.9. The molecule has 2 rings (SSSR count). The summed E-state index contributed by atoms with van der Waals surface area (Å²) in [6.07, 6.45) is 2.50. The number of rotatable bonds is 1. The van der Waals surface area contributed by atoms with Crippen LogP contribution in [-0.4, -0.2) is 39.7 Å². The number of nitrogens with zero attached hydrogens (tertiary/aromatic N) is 3. The summed E-state index contributed by atoms with van der Waals surface area (Å²) in [5.41, 5.74) is 6.68. The number of likely N-dealkylation sites (tertiary alicyclic amines) is 1. The van der Waals surface area contributed by atoms with Gasteiger partial charge in [0.2, 0.25) is 0 Å². The van der Waals surface area contributed by atoms with E-state index in [9.17, 15) is 4.79 Å². The van der Waals surface area contributed by atoms with Crippen LogP contribution < -0.4 is 5.73 Å². The SMILES string of the molecule is Cl.Cn1nccc1C(=O)N1CCC(N)C(C)(C)C1. The maximum Gasteiger partial charge on any atom is 0.272 e. The summed E-state index contributed by atoms with van der Waals surface area (Å²) >= 11 is 0. The van der Waals surface area contributed by atoms with Crippen LogP contribution in [0.5, 0.6) is 0 Å². The van der Waals surface area contributed by atoms with Gasteiger partial charge in [0.25, 0.3) is 5.91 Å². The van der Waals surface area contributed by atoms with E-state index in [1.807, 2.05) is 4.90 Å². The third-order valence-corrected chi connectivity index (χ3v) is 3.64. The Hall–Kier alpha value is -1.07. The second-order valence-electron chi connectivity index (χ2n) is 5.45. The van der Waals surface area contributed by atoms with Crippen LogP contribution in [0.15, 0.2) is 12.3 Å². The third-order valence-electron chi connectivity index (χ3n) is 3.64. The van der Waals surface area contributed by atoms with Crippen molar-refractivity contribution in [3.05, 3.63) is 18.0 Å². The zero-order valence-electron chi connectivity index (χ0n) is 11.1. The molecule has 0 saturated carbocycles. The molecule has 0 spiro atoms. The molecule has 2 heterocycles. The molecule has 1 aromatic heterocycles. The van der Waals surface area contributed by atoms with Crippen LogP contribution in [0, 0.1) is 5.41 Å². The second-order valence-corrected chi connectivity index (χ2v) is 5.45. The van der Waals surface area contributed by atoms with Crippen molar-refractivity contribution in [3.63, 3.8) is 0 Å². The summed E-state index contributed by atoms with van der Waals surface area (Å²) in [4.78, 5) is 14.2. The summed E-state index contributed by atoms with van der Waals surface area (Å²) < 4.78 is 1.61. The van der Waals surface area contributed by atoms with Gasteiger partial charge in [-0.05, 0) is 17.9 Å². The van der Waals surface area contributed by atoms with Gasteiger partial charge in [-0.25, -0.2) is 0 Å². The van der Waals surface area contributed by atoms with Gasteiger partial charge in [0.15, 0.2) is 0 Å². The molecule has 1 unspecified atom stereocenters. The number of carbonyl (C=O) groups is 1. The summed E-state index contributed by atoms with van der Waals surface area (Å²) in [5, 5.41) is 4.03. The fraction of sp³-hybridized carbons (Fsp3) is 0.667. The van der Waals surface area contributed by atoms with Gasteiger partial charge in [0, 0.05) is 32.4 Å². The number of amides is 1. The Morgan fingerprint density at radius 3 is 2.72 bits per heavy atom. The largest absolute Gasteiger partial charge is 0.337 e. The first-order chi connectivity index (χ1) is 7.92. The Morgan fingerprint density at radius 1 is 1.56 bits per heavy atom. The van der Waals surface area contributed by atoms with Crippen LogP contribution in [0.1, 0.15) is 30.8 Å². The van der Waals surface area contributed by atoms with E-state index in [0.29, 0.717) is 12.2 Å². The van der Waals surface area contributed by atoms with E-state index >= 15 is 0 Å². The van der Waals surface area contributed by atoms with Gasteiger partial charge in [-0.2, -0.15) is 5.10 Å². The molecule has 6 heteroatoms. The minimum Gasteiger partial charge on any atom is -0.337 e. The van der Waals surface area contributed by atoms with Crippen LogP contribution in [0.4, 0.5) is 0 Å². The van der Waals surface area contributed by atoms with Crippen LogP contribution in [-0.2, 0) is 7.05 Å². The smallest absolute Gasteiger partial charge is 0.272 e. The van der Waals surface area contributed by atoms with Crippen LogP contribution in [0.2, 0.25) is 0 Å². The predicted molar refractivity (Wildman–Crippen MR) is 72.7 cm³/mol. The first kappa shape index (κ1) is 15.0. The quantitative estimate of drug-likeness (QED) is 0.831. The third kappa shape index (κ3) is 2.67. The standard InChI is InChI=1S/C12H20N4O.ClH/c1-12(2)8-16(7-5-10(12)13)11(17)9-4-6-14-15(9)3;/h4,6,10H,5,7-8,13H2,1-3H3;1H. The van der Waals surface area contributed by atoms with Crippen molar-refractivity contribution >= 4 is 18.3 Å². The Bertz CT molecular complexity index is 429. The molecule has 1 saturated heterocycles. The van der Waals surface area contributed by atoms with Crippen molar-refractivity contribution in [2.75, 3.05) is 13.1 Å². The van der Waals surface area contributed by atoms with E-state index < -0.39 is 0 Å². The van der Waals surface area contributed by atoms with Crippen LogP contribution in [0.25, 0.3) is 0 Å². The topological polar surface area (TPSA) is 64.2 Å². The molecule has 0 radical (unpaired) electrons. The molecule has 1 aliphatic heterocycles. The molecule has 102 valence electrons. The lowest BCUT2D eigenvalue weighted by atomic mass is 9.79. The molecule has 0 aliphatic carbocycles. The Kier molecular flexibility index (Phi) is 4.40. The maximum atomic E-state index is 12.3. The van der Waals surface area contributed by atoms with E-state index in [-0.39, 0.29) is 29.8 Å². The summed E-state index contributed by atoms with van der Waals surface area (Å²) in [6.45, 7) is 5.66. The first-order valence-corrected chi connectivity index (χ1v) is 5.95. The molecular formula is C12H21ClN4O. The van der Waals surface area contributed by atoms with E-state index in [2.05, 4.69) is 18.9 Å². The number of hydrogen-bond acceptors (Lipinski definition) is 3. The van der Waals surface area contributed by atoms with E-state index in [1.165, 1.54) is 0 Å². The second kappa shape index (κ2) is 5.28. The number of nitrogens with two attached hydrogens (primary N) is 1. The summed E-state index contributed by atoms with van der Waals surface area (Å²) in [6, 6.07) is 1.92. The highest BCUT2D eigenvalue weighted by molar-refractivity contribution is 5.92. The number of carbonyl (C=O) groups excluding carboxylic acids is 1. The molecule has 2 N–H and O–H groups in total. The van der Waals surface area contributed by atoms with Crippen molar-refractivity contribution in [3.8, 4) is 0 Å². The molecule has 5 nitrogen and oxygen atoms in total. The number of aryl methyl sites for hydroxylation is 1. The van der Waals surface area contributed by atoms with Gasteiger partial charge in [-0.1, -0.05) is 13.8 Å². The summed E-state index contributed by atoms with van der Waals surface area (Å²) in [7, 11) is 1.79. The van der Waals surface area contributed by atoms with Gasteiger partial charge < -0.3 is 10.6 Å². The van der Waals surface area contributed by atoms with Gasteiger partial charge in [-0.3, -0.25) is 9.48 Å². The Labute approximate surface area is 114 Å². The first-order valence-electron chi connectivity index (χ1n) is 5.95. The van der Waals surface area contributed by atoms with Crippen molar-refractivity contribution in [2.45, 2.75) is 26.3 Å². The van der Waals surface area contributed by atoms with Gasteiger partial charge in [-0.15, -0.1) is 12.4 Å². The lowest BCUT2D eigenvalue weighted by Crippen LogP contribution is -2.54. The summed E-state index contributed by atoms with van der Waals surface area (Å²) in [5.74, 6) is 0.0463. The highest BCUT2D eigenvalue weighted by Gasteiger charge is 2.36. The van der Waals surface area contributed by atoms with Crippen molar-refractivity contribution in [1.29, 1.82) is 0 Å². The molecule has 0 aromatic carbocycles. The van der Waals surface area contributed by atoms with Crippen molar-refractivity contribution in [1.82, 2.24) is 14.7 Å². The van der Waals surface area contributed by atoms with E-state index in [1.54, 1.807) is 24.0 Å². The lowest BCUT2D eigenvalue weighted by Gasteiger charge is -2.42. The number of halogens is 1. The predicted octanol–water partition coefficient (Wildman–Crippen LogP) is 1.04. The molecular weight excluding hydrogens is 252 g/mol. The highest BCUT2D eigenvalue weighted by Crippen LogP contribution is 2.28. The number of hydrogen-bond donors (Lipinski definition) is 1. The molecule has 1 atom stereocenters. The van der Waals surface area contributed by atoms with Gasteiger partial charge in [0.1, 0.15) is 5.69 Å². The highest BCUT2D eigenvalue weighted by atomic mass is 35.5. The molecule has 1 aliphatic rings. The Morgan fingerprint density at radius 2 is 2.22 bits per heavy atom. The fourth-order valence-corrected chi connectivity index (χ4v) is 2.29. The Balaban J connectivity index is 0.00000162. The average Bonchev–Trinajstić information content (AvgIpc) is 2.67. The number of piperidine rings is 1. The van der Waals surface area contributed by atoms with Crippen molar-refractivity contribution in [2.24, 2.45) is 18.2 Å². The molecule has 1 fully saturated rings. The normalized spacial score (nSPS) is 22.4. The van der Waals surface area contributed by atoms with Crippen molar-refractivity contribution < 1.29 is 4.79 Å². The molecule has 1 amide bonds. The fourth-order valence-electron chi connectivity index (χ4n) is 2.29. The lowest BCUT2D eigenvalue weighted by molar-refractivity contribution is 0.0522. The van der Waals surface area contributed by atoms with Gasteiger partial charge in [0.05, 0.1) is 0 Å². The van der Waals surface area contributed by atoms with Crippen LogP contribution >= 0.6 is 12.4 Å². The number of aromatic nitrogens is 2. The van der Waals surface area contributed by atoms with E-state index in [4.69, 9.17) is 5.73 Å². The monoisotopic (exact) mass is 272 g/mol. The maximum absolute atomic E-state index is 12.3. The minimum absolute atomic E-state index is 0. The average molecular weight is 273 g/mol. The van der Waals surface area contributed by atoms with Crippen LogP contribution in [0.3, 0.4) is 0 Å². The molecule has 18 heavy (non-hydrogen) atoms. The molecule has 0 bridgehead atoms. The van der Waals surface area contributed by atoms with E-state index in [0.717, 1.165) is 13.0 Å². The minimum atomic E-state index is -0.0213. The molecule has 1 aromatic rings.